The maximum atomic E-state index is 13.1. The zero-order chi connectivity index (χ0) is 24.0. The molecule has 1 aliphatic heterocycles. The molecule has 2 N–H and O–H groups in total. The molecule has 5 heteroatoms. The number of fused-ring (bicyclic) bond motifs is 1. The van der Waals surface area contributed by atoms with Crippen molar-refractivity contribution in [2.24, 2.45) is 5.92 Å². The molecule has 0 saturated heterocycles. The molecule has 0 bridgehead atoms. The number of allylic oxidation sites excluding steroid dienone is 1. The highest BCUT2D eigenvalue weighted by molar-refractivity contribution is 6.09. The van der Waals surface area contributed by atoms with Gasteiger partial charge < -0.3 is 15.4 Å². The molecule has 2 aromatic carbocycles. The summed E-state index contributed by atoms with van der Waals surface area (Å²) in [6, 6.07) is 13.1. The number of ether oxygens (including phenoxy) is 1. The van der Waals surface area contributed by atoms with Gasteiger partial charge in [-0.1, -0.05) is 32.8 Å². The third kappa shape index (κ3) is 6.25. The highest BCUT2D eigenvalue weighted by Gasteiger charge is 2.28. The van der Waals surface area contributed by atoms with Gasteiger partial charge in [0.05, 0.1) is 7.11 Å². The summed E-state index contributed by atoms with van der Waals surface area (Å²) in [6.07, 6.45) is 6.27. The predicted molar refractivity (Wildman–Crippen MR) is 135 cm³/mol. The van der Waals surface area contributed by atoms with Crippen molar-refractivity contribution < 1.29 is 14.3 Å². The van der Waals surface area contributed by atoms with E-state index in [1.54, 1.807) is 37.5 Å². The molecule has 0 spiro atoms. The van der Waals surface area contributed by atoms with Gasteiger partial charge in [-0.25, -0.2) is 0 Å². The summed E-state index contributed by atoms with van der Waals surface area (Å²) in [7, 11) is 1.64. The van der Waals surface area contributed by atoms with E-state index in [4.69, 9.17) is 4.74 Å². The average molecular weight is 449 g/mol. The molecule has 1 amide bonds. The first-order valence-corrected chi connectivity index (χ1v) is 11.9. The van der Waals surface area contributed by atoms with E-state index in [2.05, 4.69) is 44.4 Å². The van der Waals surface area contributed by atoms with Crippen LogP contribution >= 0.6 is 0 Å². The Hall–Kier alpha value is -3.08. The number of carbonyl (C=O) groups excluding carboxylic acids is 2. The van der Waals surface area contributed by atoms with Gasteiger partial charge in [0, 0.05) is 40.0 Å². The van der Waals surface area contributed by atoms with Gasteiger partial charge in [-0.2, -0.15) is 0 Å². The number of carbonyl (C=O) groups is 2. The van der Waals surface area contributed by atoms with Crippen molar-refractivity contribution in [2.75, 3.05) is 12.4 Å². The lowest BCUT2D eigenvalue weighted by Crippen LogP contribution is -2.43. The largest absolute Gasteiger partial charge is 0.497 e. The summed E-state index contributed by atoms with van der Waals surface area (Å²) in [5.41, 5.74) is 4.11. The monoisotopic (exact) mass is 448 g/mol. The Kier molecular flexibility index (Phi) is 7.96. The minimum absolute atomic E-state index is 0.0313. The Labute approximate surface area is 197 Å². The second-order valence-electron chi connectivity index (χ2n) is 9.47. The normalized spacial score (nSPS) is 15.6. The molecular formula is C28H36N2O3. The van der Waals surface area contributed by atoms with Gasteiger partial charge >= 0.3 is 0 Å². The minimum Gasteiger partial charge on any atom is -0.497 e. The van der Waals surface area contributed by atoms with Gasteiger partial charge in [0.15, 0.2) is 5.78 Å². The molecule has 0 fully saturated rings. The average Bonchev–Trinajstić information content (AvgIpc) is 2.78. The summed E-state index contributed by atoms with van der Waals surface area (Å²) in [5.74, 6) is 0.762. The van der Waals surface area contributed by atoms with Crippen LogP contribution in [-0.4, -0.2) is 24.3 Å². The first-order valence-electron chi connectivity index (χ1n) is 11.9. The first-order chi connectivity index (χ1) is 15.8. The van der Waals surface area contributed by atoms with E-state index in [1.165, 1.54) is 5.56 Å². The van der Waals surface area contributed by atoms with Crippen LogP contribution in [0.2, 0.25) is 0 Å². The topological polar surface area (TPSA) is 67.4 Å². The maximum absolute atomic E-state index is 13.1. The van der Waals surface area contributed by atoms with Crippen molar-refractivity contribution in [3.63, 3.8) is 0 Å². The van der Waals surface area contributed by atoms with Crippen molar-refractivity contribution in [2.45, 2.75) is 65.3 Å². The van der Waals surface area contributed by atoms with Gasteiger partial charge in [-0.05, 0) is 75.1 Å². The van der Waals surface area contributed by atoms with Crippen molar-refractivity contribution in [3.8, 4) is 5.75 Å². The second kappa shape index (κ2) is 10.7. The van der Waals surface area contributed by atoms with Crippen LogP contribution in [0.25, 0.3) is 5.70 Å². The molecule has 3 rings (SSSR count). The van der Waals surface area contributed by atoms with Crippen molar-refractivity contribution in [3.05, 3.63) is 65.2 Å². The number of ketones is 1. The number of rotatable bonds is 9. The Balaban J connectivity index is 1.79. The predicted octanol–water partition coefficient (Wildman–Crippen LogP) is 6.00. The summed E-state index contributed by atoms with van der Waals surface area (Å²) in [5, 5.41) is 6.51. The zero-order valence-electron chi connectivity index (χ0n) is 20.5. The van der Waals surface area contributed by atoms with Gasteiger partial charge in [0.2, 0.25) is 5.91 Å². The molecule has 176 valence electrons. The highest BCUT2D eigenvalue weighted by Crippen LogP contribution is 2.32. The molecule has 0 unspecified atom stereocenters. The zero-order valence-corrected chi connectivity index (χ0v) is 20.5. The molecule has 0 radical (unpaired) electrons. The first kappa shape index (κ1) is 24.6. The van der Waals surface area contributed by atoms with E-state index in [9.17, 15) is 9.59 Å². The molecule has 0 aliphatic carbocycles. The number of nitrogens with one attached hydrogen (secondary N) is 2. The number of hydrogen-bond donors (Lipinski definition) is 2. The van der Waals surface area contributed by atoms with E-state index >= 15 is 0 Å². The minimum atomic E-state index is -0.157. The van der Waals surface area contributed by atoms with Crippen LogP contribution < -0.4 is 15.4 Å². The van der Waals surface area contributed by atoms with Gasteiger partial charge in [0.1, 0.15) is 5.75 Å². The third-order valence-electron chi connectivity index (χ3n) is 6.07. The van der Waals surface area contributed by atoms with Gasteiger partial charge in [-0.15, -0.1) is 0 Å². The van der Waals surface area contributed by atoms with Crippen molar-refractivity contribution in [1.29, 1.82) is 0 Å². The fourth-order valence-electron chi connectivity index (χ4n) is 4.43. The van der Waals surface area contributed by atoms with Crippen LogP contribution in [0.5, 0.6) is 5.75 Å². The summed E-state index contributed by atoms with van der Waals surface area (Å²) in [4.78, 5) is 25.7. The van der Waals surface area contributed by atoms with Crippen molar-refractivity contribution in [1.82, 2.24) is 5.32 Å². The maximum Gasteiger partial charge on any atom is 0.227 e. The van der Waals surface area contributed by atoms with E-state index in [0.717, 1.165) is 49.1 Å². The Morgan fingerprint density at radius 1 is 1.09 bits per heavy atom. The summed E-state index contributed by atoms with van der Waals surface area (Å²) >= 11 is 0. The highest BCUT2D eigenvalue weighted by atomic mass is 16.5. The molecule has 0 atom stereocenters. The van der Waals surface area contributed by atoms with Crippen LogP contribution in [0.15, 0.2) is 48.5 Å². The molecule has 1 aliphatic rings. The number of anilines is 1. The molecule has 1 heterocycles. The van der Waals surface area contributed by atoms with Gasteiger partial charge in [-0.3, -0.25) is 9.59 Å². The molecule has 0 saturated carbocycles. The SMILES string of the molecule is CCCC(CCC)C(=O)Nc1ccc(C(=O)/C=C2\NC(C)(C)Cc3ccc(OC)cc32)cc1. The lowest BCUT2D eigenvalue weighted by molar-refractivity contribution is -0.120. The smallest absolute Gasteiger partial charge is 0.227 e. The quantitative estimate of drug-likeness (QED) is 0.365. The fourth-order valence-corrected chi connectivity index (χ4v) is 4.43. The molecular weight excluding hydrogens is 412 g/mol. The molecule has 0 aromatic heterocycles. The Bertz CT molecular complexity index is 1020. The standard InChI is InChI=1S/C28H36N2O3/c1-6-8-20(9-7-2)27(32)29-22-13-10-19(11-14-22)26(31)17-25-24-16-23(33-5)15-12-21(24)18-28(3,4)30-25/h10-17,20,30H,6-9,18H2,1-5H3,(H,29,32)/b25-17-. The number of hydrogen-bond acceptors (Lipinski definition) is 4. The third-order valence-corrected chi connectivity index (χ3v) is 6.07. The van der Waals surface area contributed by atoms with Crippen LogP contribution in [-0.2, 0) is 11.2 Å². The van der Waals surface area contributed by atoms with E-state index in [1.807, 2.05) is 12.1 Å². The van der Waals surface area contributed by atoms with Crippen LogP contribution in [0, 0.1) is 5.92 Å². The van der Waals surface area contributed by atoms with Crippen molar-refractivity contribution >= 4 is 23.1 Å². The number of amides is 1. The van der Waals surface area contributed by atoms with Crippen LogP contribution in [0.1, 0.15) is 74.9 Å². The summed E-state index contributed by atoms with van der Waals surface area (Å²) in [6.45, 7) is 8.45. The molecule has 5 nitrogen and oxygen atoms in total. The van der Waals surface area contributed by atoms with Crippen LogP contribution in [0.3, 0.4) is 0 Å². The lowest BCUT2D eigenvalue weighted by atomic mass is 9.85. The summed E-state index contributed by atoms with van der Waals surface area (Å²) < 4.78 is 5.39. The van der Waals surface area contributed by atoms with Gasteiger partial charge in [0.25, 0.3) is 0 Å². The lowest BCUT2D eigenvalue weighted by Gasteiger charge is -2.35. The van der Waals surface area contributed by atoms with Crippen LogP contribution in [0.4, 0.5) is 5.69 Å². The second-order valence-corrected chi connectivity index (χ2v) is 9.47. The Morgan fingerprint density at radius 3 is 2.36 bits per heavy atom. The van der Waals surface area contributed by atoms with E-state index in [0.29, 0.717) is 11.3 Å². The Morgan fingerprint density at radius 2 is 1.76 bits per heavy atom. The fraction of sp³-hybridized carbons (Fsp3) is 0.429. The number of benzene rings is 2. The molecule has 33 heavy (non-hydrogen) atoms. The van der Waals surface area contributed by atoms with E-state index in [-0.39, 0.29) is 23.1 Å². The molecule has 2 aromatic rings. The van der Waals surface area contributed by atoms with E-state index < -0.39 is 0 Å². The number of methoxy groups -OCH3 is 1.